The Balaban J connectivity index is 2.35. The minimum absolute atomic E-state index is 0.374. The van der Waals surface area contributed by atoms with Crippen LogP contribution in [-0.4, -0.2) is 30.3 Å². The van der Waals surface area contributed by atoms with Gasteiger partial charge in [0.15, 0.2) is 0 Å². The maximum absolute atomic E-state index is 11.5. The standard InChI is InChI=1S/C11H19NO4/c1-11(2,3)16-10(14)15-9(13)8-6-4-5-7-12-8/h8,12H,4-7H2,1-3H3. The van der Waals surface area contributed by atoms with Gasteiger partial charge < -0.3 is 14.8 Å². The first kappa shape index (κ1) is 13.0. The first-order valence-corrected chi connectivity index (χ1v) is 5.56. The van der Waals surface area contributed by atoms with Crippen LogP contribution in [0.3, 0.4) is 0 Å². The Bertz CT molecular complexity index is 264. The van der Waals surface area contributed by atoms with Gasteiger partial charge in [0.2, 0.25) is 0 Å². The summed E-state index contributed by atoms with van der Waals surface area (Å²) < 4.78 is 9.49. The van der Waals surface area contributed by atoms with Gasteiger partial charge in [0.25, 0.3) is 0 Å². The molecule has 5 nitrogen and oxygen atoms in total. The van der Waals surface area contributed by atoms with E-state index in [4.69, 9.17) is 4.74 Å². The first-order valence-electron chi connectivity index (χ1n) is 5.56. The molecule has 0 amide bonds. The Morgan fingerprint density at radius 1 is 1.25 bits per heavy atom. The molecule has 16 heavy (non-hydrogen) atoms. The van der Waals surface area contributed by atoms with Crippen LogP contribution in [0.4, 0.5) is 4.79 Å². The monoisotopic (exact) mass is 229 g/mol. The summed E-state index contributed by atoms with van der Waals surface area (Å²) in [5, 5.41) is 3.00. The van der Waals surface area contributed by atoms with Crippen molar-refractivity contribution in [2.24, 2.45) is 0 Å². The van der Waals surface area contributed by atoms with E-state index < -0.39 is 17.7 Å². The van der Waals surface area contributed by atoms with Crippen LogP contribution in [-0.2, 0) is 14.3 Å². The minimum atomic E-state index is -0.926. The molecule has 1 saturated heterocycles. The molecule has 0 aromatic rings. The zero-order valence-electron chi connectivity index (χ0n) is 10.0. The quantitative estimate of drug-likeness (QED) is 0.546. The van der Waals surface area contributed by atoms with Crippen molar-refractivity contribution < 1.29 is 19.1 Å². The van der Waals surface area contributed by atoms with E-state index in [1.54, 1.807) is 20.8 Å². The van der Waals surface area contributed by atoms with Crippen molar-refractivity contribution in [3.63, 3.8) is 0 Å². The lowest BCUT2D eigenvalue weighted by Gasteiger charge is -2.22. The highest BCUT2D eigenvalue weighted by Crippen LogP contribution is 2.11. The van der Waals surface area contributed by atoms with Gasteiger partial charge in [0, 0.05) is 0 Å². The van der Waals surface area contributed by atoms with Crippen LogP contribution in [0.2, 0.25) is 0 Å². The molecular formula is C11H19NO4. The fraction of sp³-hybridized carbons (Fsp3) is 0.818. The summed E-state index contributed by atoms with van der Waals surface area (Å²) in [6.07, 6.45) is 1.81. The second-order valence-corrected chi connectivity index (χ2v) is 4.89. The van der Waals surface area contributed by atoms with Crippen LogP contribution in [0.15, 0.2) is 0 Å². The average Bonchev–Trinajstić information content (AvgIpc) is 2.16. The normalized spacial score (nSPS) is 21.3. The van der Waals surface area contributed by atoms with Gasteiger partial charge in [-0.05, 0) is 40.2 Å². The van der Waals surface area contributed by atoms with Gasteiger partial charge in [-0.25, -0.2) is 9.59 Å². The van der Waals surface area contributed by atoms with Crippen molar-refractivity contribution in [3.05, 3.63) is 0 Å². The number of piperidine rings is 1. The molecule has 1 rings (SSSR count). The predicted octanol–water partition coefficient (Wildman–Crippen LogP) is 1.61. The molecule has 0 aromatic carbocycles. The van der Waals surface area contributed by atoms with Gasteiger partial charge in [0.1, 0.15) is 11.6 Å². The number of carbonyl (C=O) groups is 2. The number of hydrogen-bond acceptors (Lipinski definition) is 5. The molecule has 0 aromatic heterocycles. The SMILES string of the molecule is CC(C)(C)OC(=O)OC(=O)C1CCCCN1. The summed E-state index contributed by atoms with van der Waals surface area (Å²) in [6, 6.07) is -0.374. The first-order chi connectivity index (χ1) is 7.38. The molecule has 0 saturated carbocycles. The van der Waals surface area contributed by atoms with Crippen molar-refractivity contribution in [2.75, 3.05) is 6.54 Å². The van der Waals surface area contributed by atoms with Gasteiger partial charge in [-0.3, -0.25) is 0 Å². The van der Waals surface area contributed by atoms with E-state index in [0.717, 1.165) is 19.4 Å². The average molecular weight is 229 g/mol. The molecule has 0 spiro atoms. The molecule has 1 unspecified atom stereocenters. The second kappa shape index (κ2) is 5.30. The van der Waals surface area contributed by atoms with Crippen LogP contribution in [0.25, 0.3) is 0 Å². The van der Waals surface area contributed by atoms with E-state index in [1.165, 1.54) is 0 Å². The fourth-order valence-corrected chi connectivity index (χ4v) is 1.48. The Morgan fingerprint density at radius 2 is 1.94 bits per heavy atom. The smallest absolute Gasteiger partial charge is 0.428 e. The summed E-state index contributed by atoms with van der Waals surface area (Å²) >= 11 is 0. The second-order valence-electron chi connectivity index (χ2n) is 4.89. The Kier molecular flexibility index (Phi) is 4.29. The van der Waals surface area contributed by atoms with Gasteiger partial charge in [0.05, 0.1) is 0 Å². The zero-order valence-corrected chi connectivity index (χ0v) is 10.0. The molecule has 1 aliphatic heterocycles. The largest absolute Gasteiger partial charge is 0.516 e. The molecule has 1 aliphatic rings. The molecule has 1 atom stereocenters. The van der Waals surface area contributed by atoms with Crippen molar-refractivity contribution in [1.29, 1.82) is 0 Å². The number of rotatable bonds is 1. The number of nitrogens with one attached hydrogen (secondary N) is 1. The van der Waals surface area contributed by atoms with Gasteiger partial charge in [-0.1, -0.05) is 6.42 Å². The molecular weight excluding hydrogens is 210 g/mol. The lowest BCUT2D eigenvalue weighted by Crippen LogP contribution is -2.42. The van der Waals surface area contributed by atoms with Crippen LogP contribution in [0.1, 0.15) is 40.0 Å². The summed E-state index contributed by atoms with van der Waals surface area (Å²) in [6.45, 7) is 5.95. The summed E-state index contributed by atoms with van der Waals surface area (Å²) in [4.78, 5) is 22.7. The van der Waals surface area contributed by atoms with Crippen LogP contribution < -0.4 is 5.32 Å². The third-order valence-electron chi connectivity index (χ3n) is 2.17. The molecule has 1 fully saturated rings. The third-order valence-corrected chi connectivity index (χ3v) is 2.17. The Morgan fingerprint density at radius 3 is 2.44 bits per heavy atom. The molecule has 5 heteroatoms. The van der Waals surface area contributed by atoms with Crippen LogP contribution >= 0.6 is 0 Å². The lowest BCUT2D eigenvalue weighted by atomic mass is 10.1. The highest BCUT2D eigenvalue weighted by atomic mass is 16.7. The number of esters is 1. The molecule has 0 radical (unpaired) electrons. The fourth-order valence-electron chi connectivity index (χ4n) is 1.48. The number of ether oxygens (including phenoxy) is 2. The number of hydrogen-bond donors (Lipinski definition) is 1. The van der Waals surface area contributed by atoms with Crippen molar-refractivity contribution >= 4 is 12.1 Å². The summed E-state index contributed by atoms with van der Waals surface area (Å²) in [5.74, 6) is -0.547. The molecule has 1 heterocycles. The van der Waals surface area contributed by atoms with Crippen LogP contribution in [0, 0.1) is 0 Å². The summed E-state index contributed by atoms with van der Waals surface area (Å²) in [5.41, 5.74) is -0.642. The van der Waals surface area contributed by atoms with Crippen molar-refractivity contribution in [1.82, 2.24) is 5.32 Å². The maximum atomic E-state index is 11.5. The highest BCUT2D eigenvalue weighted by molar-refractivity contribution is 5.85. The maximum Gasteiger partial charge on any atom is 0.516 e. The molecule has 0 aliphatic carbocycles. The van der Waals surface area contributed by atoms with Crippen molar-refractivity contribution in [3.8, 4) is 0 Å². The zero-order chi connectivity index (χ0) is 12.2. The lowest BCUT2D eigenvalue weighted by molar-refractivity contribution is -0.144. The Hall–Kier alpha value is -1.10. The number of carbonyl (C=O) groups excluding carboxylic acids is 2. The highest BCUT2D eigenvalue weighted by Gasteiger charge is 2.26. The van der Waals surface area contributed by atoms with E-state index in [2.05, 4.69) is 10.1 Å². The molecule has 0 bridgehead atoms. The van der Waals surface area contributed by atoms with E-state index in [-0.39, 0.29) is 6.04 Å². The van der Waals surface area contributed by atoms with E-state index in [1.807, 2.05) is 0 Å². The van der Waals surface area contributed by atoms with Gasteiger partial charge in [-0.2, -0.15) is 0 Å². The van der Waals surface area contributed by atoms with E-state index >= 15 is 0 Å². The van der Waals surface area contributed by atoms with E-state index in [0.29, 0.717) is 6.42 Å². The Labute approximate surface area is 95.5 Å². The van der Waals surface area contributed by atoms with Gasteiger partial charge in [-0.15, -0.1) is 0 Å². The van der Waals surface area contributed by atoms with Crippen LogP contribution in [0.5, 0.6) is 0 Å². The topological polar surface area (TPSA) is 64.6 Å². The third kappa shape index (κ3) is 4.61. The van der Waals surface area contributed by atoms with Crippen molar-refractivity contribution in [2.45, 2.75) is 51.7 Å². The molecule has 92 valence electrons. The minimum Gasteiger partial charge on any atom is -0.428 e. The predicted molar refractivity (Wildman–Crippen MR) is 58.0 cm³/mol. The molecule has 1 N–H and O–H groups in total. The van der Waals surface area contributed by atoms with Gasteiger partial charge >= 0.3 is 12.1 Å². The summed E-state index contributed by atoms with van der Waals surface area (Å²) in [7, 11) is 0. The van der Waals surface area contributed by atoms with E-state index in [9.17, 15) is 9.59 Å².